The van der Waals surface area contributed by atoms with E-state index in [0.29, 0.717) is 29.8 Å². The zero-order chi connectivity index (χ0) is 14.8. The van der Waals surface area contributed by atoms with Crippen LogP contribution in [0, 0.1) is 17.8 Å². The molecule has 3 rings (SSSR count). The molecule has 0 aromatic heterocycles. The predicted molar refractivity (Wildman–Crippen MR) is 89.2 cm³/mol. The number of fused-ring (bicyclic) bond motifs is 2. The van der Waals surface area contributed by atoms with Crippen LogP contribution >= 0.6 is 11.8 Å². The summed E-state index contributed by atoms with van der Waals surface area (Å²) in [6.07, 6.45) is 12.9. The summed E-state index contributed by atoms with van der Waals surface area (Å²) in [5.41, 5.74) is 6.33. The van der Waals surface area contributed by atoms with E-state index in [1.54, 1.807) is 0 Å². The first-order valence-electron chi connectivity index (χ1n) is 8.76. The van der Waals surface area contributed by atoms with E-state index in [1.165, 1.54) is 38.5 Å². The van der Waals surface area contributed by atoms with Crippen molar-refractivity contribution in [1.29, 1.82) is 0 Å². The second kappa shape index (κ2) is 6.91. The van der Waals surface area contributed by atoms with Gasteiger partial charge in [0.25, 0.3) is 0 Å². The van der Waals surface area contributed by atoms with Crippen molar-refractivity contribution in [2.45, 2.75) is 75.1 Å². The third kappa shape index (κ3) is 3.58. The number of nitrogens with two attached hydrogens (primary N) is 1. The largest absolute Gasteiger partial charge is 0.353 e. The Labute approximate surface area is 133 Å². The summed E-state index contributed by atoms with van der Waals surface area (Å²) >= 11 is 1.96. The standard InChI is InChI=1S/C17H30N2OS/c1-21-15-7-3-6-14(10-15)19-17(20)13-8-11-4-2-5-12(9-13)16(11)18/h11-16H,2-10,18H2,1H3,(H,19,20). The number of carbonyl (C=O) groups excluding carboxylic acids is 1. The van der Waals surface area contributed by atoms with Crippen molar-refractivity contribution in [3.8, 4) is 0 Å². The van der Waals surface area contributed by atoms with Gasteiger partial charge in [-0.15, -0.1) is 0 Å². The van der Waals surface area contributed by atoms with Crippen molar-refractivity contribution in [3.05, 3.63) is 0 Å². The quantitative estimate of drug-likeness (QED) is 0.842. The molecule has 1 amide bonds. The third-order valence-corrected chi connectivity index (χ3v) is 7.18. The summed E-state index contributed by atoms with van der Waals surface area (Å²) in [6, 6.07) is 0.775. The molecule has 0 aliphatic heterocycles. The molecular formula is C17H30N2OS. The zero-order valence-corrected chi connectivity index (χ0v) is 14.0. The molecule has 3 aliphatic carbocycles. The number of hydrogen-bond acceptors (Lipinski definition) is 3. The molecule has 4 heteroatoms. The van der Waals surface area contributed by atoms with Crippen LogP contribution in [-0.4, -0.2) is 29.5 Å². The summed E-state index contributed by atoms with van der Waals surface area (Å²) in [5, 5.41) is 4.10. The minimum absolute atomic E-state index is 0.231. The van der Waals surface area contributed by atoms with Gasteiger partial charge in [-0.3, -0.25) is 4.79 Å². The molecule has 0 aromatic carbocycles. The first-order valence-corrected chi connectivity index (χ1v) is 10.0. The molecule has 0 radical (unpaired) electrons. The minimum atomic E-state index is 0.231. The lowest BCUT2D eigenvalue weighted by Crippen LogP contribution is -2.50. The van der Waals surface area contributed by atoms with E-state index in [9.17, 15) is 4.79 Å². The highest BCUT2D eigenvalue weighted by Gasteiger charge is 2.40. The Balaban J connectivity index is 1.53. The number of rotatable bonds is 3. The van der Waals surface area contributed by atoms with Gasteiger partial charge in [0.15, 0.2) is 0 Å². The van der Waals surface area contributed by atoms with Crippen LogP contribution in [0.2, 0.25) is 0 Å². The Bertz CT molecular complexity index is 362. The number of hydrogen-bond donors (Lipinski definition) is 2. The number of carbonyl (C=O) groups is 1. The monoisotopic (exact) mass is 310 g/mol. The number of amides is 1. The zero-order valence-electron chi connectivity index (χ0n) is 13.2. The van der Waals surface area contributed by atoms with Crippen molar-refractivity contribution in [3.63, 3.8) is 0 Å². The van der Waals surface area contributed by atoms with E-state index in [2.05, 4.69) is 11.6 Å². The van der Waals surface area contributed by atoms with E-state index in [1.807, 2.05) is 11.8 Å². The molecule has 0 aromatic rings. The van der Waals surface area contributed by atoms with Gasteiger partial charge >= 0.3 is 0 Å². The second-order valence-electron chi connectivity index (χ2n) is 7.43. The maximum absolute atomic E-state index is 12.6. The van der Waals surface area contributed by atoms with E-state index in [0.717, 1.165) is 24.5 Å². The van der Waals surface area contributed by atoms with E-state index in [4.69, 9.17) is 5.73 Å². The highest BCUT2D eigenvalue weighted by Crippen LogP contribution is 2.42. The first kappa shape index (κ1) is 15.7. The lowest BCUT2D eigenvalue weighted by atomic mass is 9.65. The summed E-state index contributed by atoms with van der Waals surface area (Å²) in [6.45, 7) is 0. The van der Waals surface area contributed by atoms with Crippen molar-refractivity contribution < 1.29 is 4.79 Å². The van der Waals surface area contributed by atoms with Gasteiger partial charge in [-0.2, -0.15) is 11.8 Å². The molecule has 4 atom stereocenters. The number of nitrogens with one attached hydrogen (secondary N) is 1. The topological polar surface area (TPSA) is 55.1 Å². The fraction of sp³-hybridized carbons (Fsp3) is 0.941. The maximum atomic E-state index is 12.6. The molecule has 2 bridgehead atoms. The van der Waals surface area contributed by atoms with Crippen LogP contribution in [0.5, 0.6) is 0 Å². The van der Waals surface area contributed by atoms with Crippen molar-refractivity contribution in [2.75, 3.05) is 6.26 Å². The maximum Gasteiger partial charge on any atom is 0.223 e. The highest BCUT2D eigenvalue weighted by atomic mass is 32.2. The highest BCUT2D eigenvalue weighted by molar-refractivity contribution is 7.99. The van der Waals surface area contributed by atoms with E-state index in [-0.39, 0.29) is 5.92 Å². The van der Waals surface area contributed by atoms with Crippen LogP contribution in [0.15, 0.2) is 0 Å². The van der Waals surface area contributed by atoms with Crippen LogP contribution in [-0.2, 0) is 4.79 Å². The fourth-order valence-electron chi connectivity index (χ4n) is 4.81. The van der Waals surface area contributed by atoms with Crippen LogP contribution in [0.1, 0.15) is 57.8 Å². The van der Waals surface area contributed by atoms with Gasteiger partial charge in [0.05, 0.1) is 0 Å². The van der Waals surface area contributed by atoms with E-state index >= 15 is 0 Å². The normalized spacial score (nSPS) is 43.3. The molecule has 0 heterocycles. The van der Waals surface area contributed by atoms with Crippen LogP contribution in [0.4, 0.5) is 0 Å². The van der Waals surface area contributed by atoms with Crippen LogP contribution in [0.3, 0.4) is 0 Å². The van der Waals surface area contributed by atoms with Gasteiger partial charge in [0.1, 0.15) is 0 Å². The molecular weight excluding hydrogens is 280 g/mol. The molecule has 3 fully saturated rings. The summed E-state index contributed by atoms with van der Waals surface area (Å²) < 4.78 is 0. The van der Waals surface area contributed by atoms with Gasteiger partial charge in [0.2, 0.25) is 5.91 Å². The van der Waals surface area contributed by atoms with Gasteiger partial charge in [-0.25, -0.2) is 0 Å². The molecule has 3 aliphatic rings. The molecule has 3 nitrogen and oxygen atoms in total. The predicted octanol–water partition coefficient (Wildman–Crippen LogP) is 2.93. The Morgan fingerprint density at radius 3 is 2.38 bits per heavy atom. The fourth-order valence-corrected chi connectivity index (χ4v) is 5.64. The summed E-state index contributed by atoms with van der Waals surface area (Å²) in [7, 11) is 0. The molecule has 3 N–H and O–H groups in total. The lowest BCUT2D eigenvalue weighted by molar-refractivity contribution is -0.128. The average Bonchev–Trinajstić information content (AvgIpc) is 2.47. The smallest absolute Gasteiger partial charge is 0.223 e. The van der Waals surface area contributed by atoms with Gasteiger partial charge in [-0.1, -0.05) is 12.8 Å². The van der Waals surface area contributed by atoms with Crippen molar-refractivity contribution >= 4 is 17.7 Å². The average molecular weight is 311 g/mol. The molecule has 4 unspecified atom stereocenters. The molecule has 120 valence electrons. The van der Waals surface area contributed by atoms with Crippen molar-refractivity contribution in [2.24, 2.45) is 23.5 Å². The van der Waals surface area contributed by atoms with E-state index < -0.39 is 0 Å². The Hall–Kier alpha value is -0.220. The lowest BCUT2D eigenvalue weighted by Gasteiger charge is -2.44. The number of thioether (sulfide) groups is 1. The molecule has 0 spiro atoms. The van der Waals surface area contributed by atoms with Crippen LogP contribution in [0.25, 0.3) is 0 Å². The SMILES string of the molecule is CSC1CCCC(NC(=O)C2CC3CCCC(C2)C3N)C1. The van der Waals surface area contributed by atoms with Gasteiger partial charge in [-0.05, 0) is 63.0 Å². The molecule has 0 saturated heterocycles. The van der Waals surface area contributed by atoms with Crippen LogP contribution < -0.4 is 11.1 Å². The third-order valence-electron chi connectivity index (χ3n) is 6.09. The second-order valence-corrected chi connectivity index (χ2v) is 8.56. The van der Waals surface area contributed by atoms with Gasteiger partial charge in [0, 0.05) is 23.3 Å². The van der Waals surface area contributed by atoms with Gasteiger partial charge < -0.3 is 11.1 Å². The Morgan fingerprint density at radius 2 is 1.71 bits per heavy atom. The summed E-state index contributed by atoms with van der Waals surface area (Å²) in [5.74, 6) is 1.75. The Kier molecular flexibility index (Phi) is 5.15. The Morgan fingerprint density at radius 1 is 1.05 bits per heavy atom. The van der Waals surface area contributed by atoms with Crippen molar-refractivity contribution in [1.82, 2.24) is 5.32 Å². The summed E-state index contributed by atoms with van der Waals surface area (Å²) in [4.78, 5) is 12.6. The minimum Gasteiger partial charge on any atom is -0.353 e. The molecule has 21 heavy (non-hydrogen) atoms. The molecule has 3 saturated carbocycles. The first-order chi connectivity index (χ1) is 10.2.